The third-order valence-electron chi connectivity index (χ3n) is 4.22. The van der Waals surface area contributed by atoms with E-state index in [9.17, 15) is 9.59 Å². The van der Waals surface area contributed by atoms with Crippen molar-refractivity contribution in [3.05, 3.63) is 77.9 Å². The fourth-order valence-electron chi connectivity index (χ4n) is 2.93. The lowest BCUT2D eigenvalue weighted by molar-refractivity contribution is -0.119. The van der Waals surface area contributed by atoms with E-state index in [2.05, 4.69) is 5.32 Å². The van der Waals surface area contributed by atoms with Crippen molar-refractivity contribution >= 4 is 39.5 Å². The van der Waals surface area contributed by atoms with E-state index in [0.717, 1.165) is 21.9 Å². The summed E-state index contributed by atoms with van der Waals surface area (Å²) in [5.41, 5.74) is 2.64. The van der Waals surface area contributed by atoms with Gasteiger partial charge in [0, 0.05) is 16.5 Å². The Hall–Kier alpha value is -4.11. The smallest absolute Gasteiger partial charge is 0.338 e. The van der Waals surface area contributed by atoms with Crippen LogP contribution in [0.5, 0.6) is 0 Å². The summed E-state index contributed by atoms with van der Waals surface area (Å²) in [5, 5.41) is 13.4. The van der Waals surface area contributed by atoms with Crippen LogP contribution in [0.4, 0.5) is 5.69 Å². The predicted molar refractivity (Wildman–Crippen MR) is 104 cm³/mol. The van der Waals surface area contributed by atoms with Crippen LogP contribution in [0.3, 0.4) is 0 Å². The van der Waals surface area contributed by atoms with E-state index in [1.807, 2.05) is 36.4 Å². The molecule has 4 rings (SSSR count). The first-order chi connectivity index (χ1) is 13.6. The molecule has 0 unspecified atom stereocenters. The van der Waals surface area contributed by atoms with Crippen molar-refractivity contribution in [1.82, 2.24) is 0 Å². The van der Waals surface area contributed by atoms with Gasteiger partial charge in [-0.1, -0.05) is 24.3 Å². The zero-order valence-corrected chi connectivity index (χ0v) is 14.6. The van der Waals surface area contributed by atoms with Crippen molar-refractivity contribution in [3.63, 3.8) is 0 Å². The summed E-state index contributed by atoms with van der Waals surface area (Å²) < 4.78 is 10.8. The molecule has 0 atom stereocenters. The van der Waals surface area contributed by atoms with Crippen LogP contribution < -0.4 is 5.32 Å². The molecule has 0 aliphatic rings. The van der Waals surface area contributed by atoms with Crippen LogP contribution in [0.15, 0.2) is 71.1 Å². The molecule has 1 N–H and O–H groups in total. The molecule has 0 saturated heterocycles. The molecule has 136 valence electrons. The Kier molecular flexibility index (Phi) is 4.48. The number of nitrogens with zero attached hydrogens (tertiary/aromatic N) is 1. The third kappa shape index (κ3) is 3.41. The largest absolute Gasteiger partial charge is 0.456 e. The predicted octanol–water partition coefficient (Wildman–Crippen LogP) is 4.25. The number of benzene rings is 3. The highest BCUT2D eigenvalue weighted by atomic mass is 16.5. The topological polar surface area (TPSA) is 92.3 Å². The van der Waals surface area contributed by atoms with Gasteiger partial charge in [-0.15, -0.1) is 0 Å². The fourth-order valence-corrected chi connectivity index (χ4v) is 2.93. The van der Waals surface area contributed by atoms with Crippen LogP contribution in [-0.2, 0) is 9.53 Å². The number of nitrogens with one attached hydrogen (secondary N) is 1. The van der Waals surface area contributed by atoms with Gasteiger partial charge in [-0.25, -0.2) is 4.79 Å². The van der Waals surface area contributed by atoms with Gasteiger partial charge < -0.3 is 14.5 Å². The van der Waals surface area contributed by atoms with Gasteiger partial charge in [0.15, 0.2) is 6.61 Å². The molecule has 0 spiro atoms. The van der Waals surface area contributed by atoms with Gasteiger partial charge in [-0.2, -0.15) is 5.26 Å². The second-order valence-electron chi connectivity index (χ2n) is 6.13. The van der Waals surface area contributed by atoms with Crippen molar-refractivity contribution in [2.75, 3.05) is 11.9 Å². The number of hydrogen-bond donors (Lipinski definition) is 1. The Morgan fingerprint density at radius 1 is 0.964 bits per heavy atom. The zero-order chi connectivity index (χ0) is 19.5. The number of esters is 1. The molecule has 1 heterocycles. The van der Waals surface area contributed by atoms with Gasteiger partial charge >= 0.3 is 5.97 Å². The van der Waals surface area contributed by atoms with E-state index in [-0.39, 0.29) is 5.56 Å². The van der Waals surface area contributed by atoms with Crippen LogP contribution >= 0.6 is 0 Å². The monoisotopic (exact) mass is 370 g/mol. The number of amides is 1. The second-order valence-corrected chi connectivity index (χ2v) is 6.13. The lowest BCUT2D eigenvalue weighted by atomic mass is 10.1. The standard InChI is InChI=1S/C22H14N2O4/c23-12-14-4-3-5-15(10-14)22(26)27-13-21(25)24-16-8-9-20-18(11-16)17-6-1-2-7-19(17)28-20/h1-11H,13H2,(H,24,25). The van der Waals surface area contributed by atoms with E-state index < -0.39 is 18.5 Å². The Morgan fingerprint density at radius 3 is 2.64 bits per heavy atom. The molecular formula is C22H14N2O4. The highest BCUT2D eigenvalue weighted by Gasteiger charge is 2.12. The average Bonchev–Trinajstić information content (AvgIpc) is 3.10. The maximum atomic E-state index is 12.1. The maximum absolute atomic E-state index is 12.1. The number of para-hydroxylation sites is 1. The molecule has 0 saturated carbocycles. The number of anilines is 1. The number of furan rings is 1. The number of ether oxygens (including phenoxy) is 1. The molecule has 4 aromatic rings. The van der Waals surface area contributed by atoms with Gasteiger partial charge in [0.2, 0.25) is 0 Å². The normalized spacial score (nSPS) is 10.5. The van der Waals surface area contributed by atoms with Crippen LogP contribution in [0.2, 0.25) is 0 Å². The first-order valence-corrected chi connectivity index (χ1v) is 8.52. The minimum Gasteiger partial charge on any atom is -0.456 e. The van der Waals surface area contributed by atoms with Crippen molar-refractivity contribution in [3.8, 4) is 6.07 Å². The highest BCUT2D eigenvalue weighted by Crippen LogP contribution is 2.30. The maximum Gasteiger partial charge on any atom is 0.338 e. The summed E-state index contributed by atoms with van der Waals surface area (Å²) in [6, 6.07) is 21.0. The van der Waals surface area contributed by atoms with Crippen LogP contribution in [0, 0.1) is 11.3 Å². The number of fused-ring (bicyclic) bond motifs is 3. The molecule has 6 heteroatoms. The average molecular weight is 370 g/mol. The first-order valence-electron chi connectivity index (χ1n) is 8.52. The summed E-state index contributed by atoms with van der Waals surface area (Å²) in [6.45, 7) is -0.431. The number of carbonyl (C=O) groups is 2. The lowest BCUT2D eigenvalue weighted by Gasteiger charge is -2.07. The van der Waals surface area contributed by atoms with Gasteiger partial charge in [0.25, 0.3) is 5.91 Å². The van der Waals surface area contributed by atoms with Crippen LogP contribution in [0.25, 0.3) is 21.9 Å². The Morgan fingerprint density at radius 2 is 1.79 bits per heavy atom. The molecule has 1 amide bonds. The molecule has 3 aromatic carbocycles. The van der Waals surface area contributed by atoms with Crippen molar-refractivity contribution in [2.45, 2.75) is 0 Å². The summed E-state index contributed by atoms with van der Waals surface area (Å²) in [7, 11) is 0. The quantitative estimate of drug-likeness (QED) is 0.542. The Labute approximate surface area is 159 Å². The second kappa shape index (κ2) is 7.25. The first kappa shape index (κ1) is 17.3. The van der Waals surface area contributed by atoms with Gasteiger partial charge in [-0.05, 0) is 42.5 Å². The summed E-state index contributed by atoms with van der Waals surface area (Å²) in [5.74, 6) is -1.12. The van der Waals surface area contributed by atoms with E-state index >= 15 is 0 Å². The third-order valence-corrected chi connectivity index (χ3v) is 4.22. The molecule has 0 fully saturated rings. The van der Waals surface area contributed by atoms with Gasteiger partial charge in [-0.3, -0.25) is 4.79 Å². The Balaban J connectivity index is 1.44. The molecule has 0 aliphatic carbocycles. The van der Waals surface area contributed by atoms with Gasteiger partial charge in [0.05, 0.1) is 17.2 Å². The van der Waals surface area contributed by atoms with Crippen LogP contribution in [-0.4, -0.2) is 18.5 Å². The molecule has 28 heavy (non-hydrogen) atoms. The summed E-state index contributed by atoms with van der Waals surface area (Å²) in [4.78, 5) is 24.2. The number of nitriles is 1. The van der Waals surface area contributed by atoms with E-state index in [1.54, 1.807) is 24.3 Å². The van der Waals surface area contributed by atoms with Crippen molar-refractivity contribution in [2.24, 2.45) is 0 Å². The van der Waals surface area contributed by atoms with Crippen LogP contribution in [0.1, 0.15) is 15.9 Å². The zero-order valence-electron chi connectivity index (χ0n) is 14.6. The number of carbonyl (C=O) groups excluding carboxylic acids is 2. The minimum atomic E-state index is -0.663. The molecule has 0 radical (unpaired) electrons. The van der Waals surface area contributed by atoms with E-state index in [1.165, 1.54) is 12.1 Å². The molecule has 1 aromatic heterocycles. The highest BCUT2D eigenvalue weighted by molar-refractivity contribution is 6.07. The molecule has 0 bridgehead atoms. The van der Waals surface area contributed by atoms with Gasteiger partial charge in [0.1, 0.15) is 11.2 Å². The van der Waals surface area contributed by atoms with E-state index in [0.29, 0.717) is 11.3 Å². The summed E-state index contributed by atoms with van der Waals surface area (Å²) in [6.07, 6.45) is 0. The minimum absolute atomic E-state index is 0.220. The molecule has 0 aliphatic heterocycles. The SMILES string of the molecule is N#Cc1cccc(C(=O)OCC(=O)Nc2ccc3oc4ccccc4c3c2)c1. The number of hydrogen-bond acceptors (Lipinski definition) is 5. The fraction of sp³-hybridized carbons (Fsp3) is 0.0455. The van der Waals surface area contributed by atoms with Crippen molar-refractivity contribution in [1.29, 1.82) is 5.26 Å². The van der Waals surface area contributed by atoms with E-state index in [4.69, 9.17) is 14.4 Å². The van der Waals surface area contributed by atoms with Crippen molar-refractivity contribution < 1.29 is 18.7 Å². The Bertz CT molecular complexity index is 1250. The molecular weight excluding hydrogens is 356 g/mol. The molecule has 6 nitrogen and oxygen atoms in total. The number of rotatable bonds is 4. The lowest BCUT2D eigenvalue weighted by Crippen LogP contribution is -2.20. The summed E-state index contributed by atoms with van der Waals surface area (Å²) >= 11 is 0.